The number of hydrogen-bond donors (Lipinski definition) is 0. The predicted octanol–water partition coefficient (Wildman–Crippen LogP) is 2.26. The third-order valence-electron chi connectivity index (χ3n) is 2.39. The molecule has 5 nitrogen and oxygen atoms in total. The maximum Gasteiger partial charge on any atom is 0.246 e. The lowest BCUT2D eigenvalue weighted by molar-refractivity contribution is 0.0970. The van der Waals surface area contributed by atoms with E-state index < -0.39 is 0 Å². The highest BCUT2D eigenvalue weighted by Crippen LogP contribution is 2.19. The van der Waals surface area contributed by atoms with Crippen molar-refractivity contribution in [3.05, 3.63) is 11.9 Å². The summed E-state index contributed by atoms with van der Waals surface area (Å²) in [4.78, 5) is 19.9. The van der Waals surface area contributed by atoms with Crippen LogP contribution in [-0.2, 0) is 0 Å². The van der Waals surface area contributed by atoms with Gasteiger partial charge in [0.05, 0.1) is 20.4 Å². The minimum absolute atomic E-state index is 0.0366. The van der Waals surface area contributed by atoms with Gasteiger partial charge in [0.15, 0.2) is 11.5 Å². The van der Waals surface area contributed by atoms with Crippen molar-refractivity contribution >= 4 is 5.78 Å². The first kappa shape index (κ1) is 13.4. The topological polar surface area (TPSA) is 61.3 Å². The number of carbonyl (C=O) groups is 1. The van der Waals surface area contributed by atoms with Crippen LogP contribution in [0.3, 0.4) is 0 Å². The molecule has 0 spiro atoms. The van der Waals surface area contributed by atoms with Gasteiger partial charge in [-0.2, -0.15) is 4.98 Å². The molecule has 0 saturated carbocycles. The molecule has 0 fully saturated rings. The van der Waals surface area contributed by atoms with E-state index in [-0.39, 0.29) is 17.4 Å². The highest BCUT2D eigenvalue weighted by molar-refractivity contribution is 5.96. The van der Waals surface area contributed by atoms with E-state index >= 15 is 0 Å². The molecule has 0 aliphatic heterocycles. The average Bonchev–Trinajstić information content (AvgIpc) is 2.38. The fourth-order valence-corrected chi connectivity index (χ4v) is 1.44. The van der Waals surface area contributed by atoms with Gasteiger partial charge in [-0.05, 0) is 6.42 Å². The molecule has 1 aromatic rings. The zero-order chi connectivity index (χ0) is 12.7. The molecule has 1 aromatic heterocycles. The number of rotatable bonds is 7. The third-order valence-corrected chi connectivity index (χ3v) is 2.39. The van der Waals surface area contributed by atoms with Crippen LogP contribution in [0.2, 0.25) is 0 Å². The Bertz CT molecular complexity index is 380. The molecule has 0 aliphatic carbocycles. The lowest BCUT2D eigenvalue weighted by Gasteiger charge is -2.06. The van der Waals surface area contributed by atoms with Crippen LogP contribution in [0.15, 0.2) is 6.20 Å². The first-order chi connectivity index (χ1) is 8.22. The van der Waals surface area contributed by atoms with Gasteiger partial charge in [0.2, 0.25) is 11.8 Å². The maximum absolute atomic E-state index is 11.9. The third kappa shape index (κ3) is 3.69. The summed E-state index contributed by atoms with van der Waals surface area (Å²) in [6.45, 7) is 2.10. The van der Waals surface area contributed by atoms with Gasteiger partial charge in [0.25, 0.3) is 0 Å². The summed E-state index contributed by atoms with van der Waals surface area (Å²) in [6, 6.07) is 0. The van der Waals surface area contributed by atoms with Crippen LogP contribution in [0, 0.1) is 0 Å². The van der Waals surface area contributed by atoms with Gasteiger partial charge in [-0.15, -0.1) is 0 Å². The van der Waals surface area contributed by atoms with Crippen molar-refractivity contribution in [3.63, 3.8) is 0 Å². The van der Waals surface area contributed by atoms with E-state index in [1.54, 1.807) is 0 Å². The smallest absolute Gasteiger partial charge is 0.246 e. The monoisotopic (exact) mass is 238 g/mol. The normalized spacial score (nSPS) is 10.1. The number of carbonyl (C=O) groups excluding carboxylic acids is 1. The van der Waals surface area contributed by atoms with Gasteiger partial charge < -0.3 is 9.47 Å². The molecule has 17 heavy (non-hydrogen) atoms. The van der Waals surface area contributed by atoms with Crippen molar-refractivity contribution in [1.29, 1.82) is 0 Å². The van der Waals surface area contributed by atoms with Crippen LogP contribution in [0.25, 0.3) is 0 Å². The standard InChI is InChI=1S/C12H18N2O3/c1-4-5-6-7-9(15)11-12(17-3)14-10(16-2)8-13-11/h8H,4-7H2,1-3H3. The van der Waals surface area contributed by atoms with Crippen molar-refractivity contribution in [2.24, 2.45) is 0 Å². The van der Waals surface area contributed by atoms with E-state index in [1.165, 1.54) is 20.4 Å². The predicted molar refractivity (Wildman–Crippen MR) is 63.6 cm³/mol. The van der Waals surface area contributed by atoms with Gasteiger partial charge in [0, 0.05) is 6.42 Å². The van der Waals surface area contributed by atoms with E-state index in [9.17, 15) is 4.79 Å². The Morgan fingerprint density at radius 2 is 2.06 bits per heavy atom. The minimum Gasteiger partial charge on any atom is -0.480 e. The fourth-order valence-electron chi connectivity index (χ4n) is 1.44. The molecule has 0 radical (unpaired) electrons. The Labute approximate surface area is 101 Å². The molecule has 1 heterocycles. The molecule has 1 rings (SSSR count). The summed E-state index contributed by atoms with van der Waals surface area (Å²) in [5, 5.41) is 0. The zero-order valence-corrected chi connectivity index (χ0v) is 10.5. The van der Waals surface area contributed by atoms with Crippen LogP contribution in [0.5, 0.6) is 11.8 Å². The first-order valence-electron chi connectivity index (χ1n) is 5.71. The van der Waals surface area contributed by atoms with E-state index in [4.69, 9.17) is 9.47 Å². The molecule has 0 bridgehead atoms. The fraction of sp³-hybridized carbons (Fsp3) is 0.583. The van der Waals surface area contributed by atoms with Gasteiger partial charge in [-0.3, -0.25) is 4.79 Å². The zero-order valence-electron chi connectivity index (χ0n) is 10.5. The lowest BCUT2D eigenvalue weighted by atomic mass is 10.1. The van der Waals surface area contributed by atoms with Crippen LogP contribution in [0.1, 0.15) is 43.1 Å². The van der Waals surface area contributed by atoms with Gasteiger partial charge >= 0.3 is 0 Å². The maximum atomic E-state index is 11.9. The molecule has 0 saturated heterocycles. The van der Waals surface area contributed by atoms with Crippen LogP contribution in [-0.4, -0.2) is 30.0 Å². The molecule has 0 aromatic carbocycles. The van der Waals surface area contributed by atoms with Crippen molar-refractivity contribution in [2.75, 3.05) is 14.2 Å². The molecule has 0 unspecified atom stereocenters. The Kier molecular flexibility index (Phi) is 5.39. The van der Waals surface area contributed by atoms with Crippen LogP contribution < -0.4 is 9.47 Å². The SMILES string of the molecule is CCCCCC(=O)c1ncc(OC)nc1OC. The number of unbranched alkanes of at least 4 members (excludes halogenated alkanes) is 2. The second-order valence-electron chi connectivity index (χ2n) is 3.65. The molecule has 0 N–H and O–H groups in total. The minimum atomic E-state index is -0.0366. The van der Waals surface area contributed by atoms with Gasteiger partial charge in [-0.25, -0.2) is 4.98 Å². The summed E-state index contributed by atoms with van der Waals surface area (Å²) >= 11 is 0. The number of methoxy groups -OCH3 is 2. The summed E-state index contributed by atoms with van der Waals surface area (Å²) in [5.41, 5.74) is 0.282. The van der Waals surface area contributed by atoms with Crippen LogP contribution in [0.4, 0.5) is 0 Å². The lowest BCUT2D eigenvalue weighted by Crippen LogP contribution is -2.07. The van der Waals surface area contributed by atoms with Gasteiger partial charge in [0.1, 0.15) is 0 Å². The number of Topliss-reactive ketones (excluding diaryl/α,β-unsaturated/α-hetero) is 1. The van der Waals surface area contributed by atoms with E-state index in [0.717, 1.165) is 19.3 Å². The second kappa shape index (κ2) is 6.83. The van der Waals surface area contributed by atoms with Crippen molar-refractivity contribution in [2.45, 2.75) is 32.6 Å². The summed E-state index contributed by atoms with van der Waals surface area (Å²) in [5.74, 6) is 0.531. The highest BCUT2D eigenvalue weighted by atomic mass is 16.5. The molecule has 5 heteroatoms. The largest absolute Gasteiger partial charge is 0.480 e. The van der Waals surface area contributed by atoms with Crippen molar-refractivity contribution in [1.82, 2.24) is 9.97 Å². The number of ether oxygens (including phenoxy) is 2. The highest BCUT2D eigenvalue weighted by Gasteiger charge is 2.16. The average molecular weight is 238 g/mol. The quantitative estimate of drug-likeness (QED) is 0.538. The first-order valence-corrected chi connectivity index (χ1v) is 5.71. The molecule has 0 atom stereocenters. The number of hydrogen-bond acceptors (Lipinski definition) is 5. The van der Waals surface area contributed by atoms with Crippen molar-refractivity contribution < 1.29 is 14.3 Å². The Balaban J connectivity index is 2.78. The molecule has 0 aliphatic rings. The van der Waals surface area contributed by atoms with Crippen LogP contribution >= 0.6 is 0 Å². The Morgan fingerprint density at radius 1 is 1.29 bits per heavy atom. The second-order valence-corrected chi connectivity index (χ2v) is 3.65. The molecular weight excluding hydrogens is 220 g/mol. The van der Waals surface area contributed by atoms with E-state index in [0.29, 0.717) is 12.3 Å². The van der Waals surface area contributed by atoms with Crippen molar-refractivity contribution in [3.8, 4) is 11.8 Å². The molecule has 94 valence electrons. The number of aromatic nitrogens is 2. The van der Waals surface area contributed by atoms with Gasteiger partial charge in [-0.1, -0.05) is 19.8 Å². The number of ketones is 1. The molecule has 0 amide bonds. The van der Waals surface area contributed by atoms with E-state index in [1.807, 2.05) is 0 Å². The summed E-state index contributed by atoms with van der Waals surface area (Å²) in [6.07, 6.45) is 4.89. The van der Waals surface area contributed by atoms with E-state index in [2.05, 4.69) is 16.9 Å². The number of nitrogens with zero attached hydrogens (tertiary/aromatic N) is 2. The molecular formula is C12H18N2O3. The Morgan fingerprint density at radius 3 is 2.65 bits per heavy atom. The summed E-state index contributed by atoms with van der Waals surface area (Å²) in [7, 11) is 2.96. The Hall–Kier alpha value is -1.65. The summed E-state index contributed by atoms with van der Waals surface area (Å²) < 4.78 is 9.97.